The fourth-order valence-corrected chi connectivity index (χ4v) is 1.99. The van der Waals surface area contributed by atoms with E-state index in [1.165, 1.54) is 6.07 Å². The molecule has 2 heterocycles. The molecule has 0 unspecified atom stereocenters. The molecule has 0 amide bonds. The highest BCUT2D eigenvalue weighted by Crippen LogP contribution is 2.31. The van der Waals surface area contributed by atoms with Gasteiger partial charge in [-0.15, -0.1) is 5.10 Å². The van der Waals surface area contributed by atoms with Crippen LogP contribution in [-0.4, -0.2) is 20.2 Å². The lowest BCUT2D eigenvalue weighted by atomic mass is 9.96. The number of nitrogens with one attached hydrogen (secondary N) is 1. The molecule has 1 N–H and O–H groups in total. The van der Waals surface area contributed by atoms with E-state index in [0.717, 1.165) is 24.0 Å². The second-order valence-corrected chi connectivity index (χ2v) is 6.19. The second-order valence-electron chi connectivity index (χ2n) is 5.20. The average molecular weight is 302 g/mol. The van der Waals surface area contributed by atoms with E-state index in [2.05, 4.69) is 20.2 Å². The van der Waals surface area contributed by atoms with Gasteiger partial charge in [-0.1, -0.05) is 20.8 Å². The zero-order valence-corrected chi connectivity index (χ0v) is 11.9. The standard InChI is InChI=1S/C12H13F3N4S/c1-11(2,3)9-17-10(19-18-9)20-8-5-4-7(6-16-8)12(13,14)15/h4-6H,1-3H3,(H,17,18,19). The van der Waals surface area contributed by atoms with Gasteiger partial charge in [0.05, 0.1) is 5.56 Å². The lowest BCUT2D eigenvalue weighted by Crippen LogP contribution is -2.13. The van der Waals surface area contributed by atoms with Crippen LogP contribution < -0.4 is 0 Å². The molecule has 0 bridgehead atoms. The first-order valence-corrected chi connectivity index (χ1v) is 6.62. The van der Waals surface area contributed by atoms with Gasteiger partial charge in [0.25, 0.3) is 0 Å². The third-order valence-corrected chi connectivity index (χ3v) is 3.25. The molecule has 0 aromatic carbocycles. The van der Waals surface area contributed by atoms with Gasteiger partial charge in [0.1, 0.15) is 10.9 Å². The largest absolute Gasteiger partial charge is 0.417 e. The van der Waals surface area contributed by atoms with Crippen LogP contribution in [0.4, 0.5) is 13.2 Å². The fourth-order valence-electron chi connectivity index (χ4n) is 1.33. The third-order valence-electron chi connectivity index (χ3n) is 2.43. The average Bonchev–Trinajstić information content (AvgIpc) is 2.77. The molecule has 0 fully saturated rings. The van der Waals surface area contributed by atoms with Crippen molar-refractivity contribution < 1.29 is 13.2 Å². The van der Waals surface area contributed by atoms with Crippen molar-refractivity contribution in [1.29, 1.82) is 0 Å². The van der Waals surface area contributed by atoms with Crippen molar-refractivity contribution in [3.8, 4) is 0 Å². The Balaban J connectivity index is 2.13. The van der Waals surface area contributed by atoms with Crippen molar-refractivity contribution in [2.45, 2.75) is 42.5 Å². The van der Waals surface area contributed by atoms with Crippen molar-refractivity contribution in [2.24, 2.45) is 0 Å². The topological polar surface area (TPSA) is 54.5 Å². The van der Waals surface area contributed by atoms with E-state index < -0.39 is 11.7 Å². The van der Waals surface area contributed by atoms with Crippen LogP contribution in [0.25, 0.3) is 0 Å². The van der Waals surface area contributed by atoms with Crippen LogP contribution >= 0.6 is 11.8 Å². The summed E-state index contributed by atoms with van der Waals surface area (Å²) in [4.78, 5) is 8.04. The molecule has 0 aliphatic carbocycles. The number of aromatic amines is 1. The van der Waals surface area contributed by atoms with Gasteiger partial charge >= 0.3 is 6.18 Å². The predicted molar refractivity (Wildman–Crippen MR) is 68.4 cm³/mol. The van der Waals surface area contributed by atoms with Gasteiger partial charge in [0.15, 0.2) is 0 Å². The van der Waals surface area contributed by atoms with Gasteiger partial charge in [0, 0.05) is 11.6 Å². The van der Waals surface area contributed by atoms with Crippen LogP contribution in [0.1, 0.15) is 32.2 Å². The Morgan fingerprint density at radius 2 is 1.85 bits per heavy atom. The molecule has 0 saturated heterocycles. The summed E-state index contributed by atoms with van der Waals surface area (Å²) in [5, 5.41) is 7.67. The lowest BCUT2D eigenvalue weighted by Gasteiger charge is -2.12. The molecular weight excluding hydrogens is 289 g/mol. The molecule has 0 atom stereocenters. The molecule has 0 radical (unpaired) electrons. The molecule has 20 heavy (non-hydrogen) atoms. The molecule has 4 nitrogen and oxygen atoms in total. The van der Waals surface area contributed by atoms with Crippen molar-refractivity contribution in [1.82, 2.24) is 20.2 Å². The monoisotopic (exact) mass is 302 g/mol. The van der Waals surface area contributed by atoms with E-state index in [1.807, 2.05) is 20.8 Å². The summed E-state index contributed by atoms with van der Waals surface area (Å²) < 4.78 is 37.2. The Bertz CT molecular complexity index is 584. The molecular formula is C12H13F3N4S. The minimum absolute atomic E-state index is 0.167. The summed E-state index contributed by atoms with van der Waals surface area (Å²) in [6, 6.07) is 2.30. The zero-order chi connectivity index (χ0) is 15.0. The number of aromatic nitrogens is 4. The number of halogens is 3. The molecule has 8 heteroatoms. The van der Waals surface area contributed by atoms with Crippen LogP contribution in [0, 0.1) is 0 Å². The van der Waals surface area contributed by atoms with Gasteiger partial charge in [-0.2, -0.15) is 13.2 Å². The van der Waals surface area contributed by atoms with Gasteiger partial charge in [-0.05, 0) is 23.9 Å². The van der Waals surface area contributed by atoms with E-state index in [9.17, 15) is 13.2 Å². The minimum Gasteiger partial charge on any atom is -0.262 e. The van der Waals surface area contributed by atoms with Crippen LogP contribution in [0.2, 0.25) is 0 Å². The summed E-state index contributed by atoms with van der Waals surface area (Å²) in [6.07, 6.45) is -3.57. The van der Waals surface area contributed by atoms with Crippen molar-refractivity contribution in [3.05, 3.63) is 29.7 Å². The van der Waals surface area contributed by atoms with E-state index >= 15 is 0 Å². The highest BCUT2D eigenvalue weighted by molar-refractivity contribution is 7.99. The Morgan fingerprint density at radius 1 is 1.15 bits per heavy atom. The first-order valence-electron chi connectivity index (χ1n) is 5.80. The Hall–Kier alpha value is -1.57. The molecule has 108 valence electrons. The SMILES string of the molecule is CC(C)(C)c1nc(Sc2ccc(C(F)(F)F)cn2)n[nH]1. The maximum atomic E-state index is 12.4. The van der Waals surface area contributed by atoms with Gasteiger partial charge in [-0.25, -0.2) is 9.97 Å². The number of pyridine rings is 1. The summed E-state index contributed by atoms with van der Waals surface area (Å²) >= 11 is 1.11. The summed E-state index contributed by atoms with van der Waals surface area (Å²) in [5.41, 5.74) is -0.938. The van der Waals surface area contributed by atoms with Crippen molar-refractivity contribution in [3.63, 3.8) is 0 Å². The molecule has 2 aromatic rings. The highest BCUT2D eigenvalue weighted by Gasteiger charge is 2.30. The smallest absolute Gasteiger partial charge is 0.262 e. The second kappa shape index (κ2) is 5.08. The number of hydrogen-bond donors (Lipinski definition) is 1. The quantitative estimate of drug-likeness (QED) is 0.919. The van der Waals surface area contributed by atoms with Crippen LogP contribution in [0.5, 0.6) is 0 Å². The molecule has 0 spiro atoms. The Labute approximate surface area is 118 Å². The molecule has 0 aliphatic heterocycles. The van der Waals surface area contributed by atoms with Gasteiger partial charge in [0.2, 0.25) is 5.16 Å². The van der Waals surface area contributed by atoms with Crippen molar-refractivity contribution >= 4 is 11.8 Å². The number of nitrogens with zero attached hydrogens (tertiary/aromatic N) is 3. The van der Waals surface area contributed by atoms with Gasteiger partial charge < -0.3 is 0 Å². The molecule has 0 aliphatic rings. The highest BCUT2D eigenvalue weighted by atomic mass is 32.2. The summed E-state index contributed by atoms with van der Waals surface area (Å²) in [7, 11) is 0. The van der Waals surface area contributed by atoms with Crippen LogP contribution in [0.15, 0.2) is 28.5 Å². The minimum atomic E-state index is -4.37. The third kappa shape index (κ3) is 3.50. The van der Waals surface area contributed by atoms with E-state index in [0.29, 0.717) is 16.0 Å². The summed E-state index contributed by atoms with van der Waals surface area (Å²) in [6.45, 7) is 5.95. The fraction of sp³-hybridized carbons (Fsp3) is 0.417. The number of alkyl halides is 3. The normalized spacial score (nSPS) is 12.7. The maximum Gasteiger partial charge on any atom is 0.417 e. The number of H-pyrrole nitrogens is 1. The first kappa shape index (κ1) is 14.8. The Kier molecular flexibility index (Phi) is 3.77. The van der Waals surface area contributed by atoms with Crippen molar-refractivity contribution in [2.75, 3.05) is 0 Å². The van der Waals surface area contributed by atoms with Crippen LogP contribution in [0.3, 0.4) is 0 Å². The molecule has 0 saturated carbocycles. The van der Waals surface area contributed by atoms with E-state index in [1.54, 1.807) is 0 Å². The Morgan fingerprint density at radius 3 is 2.30 bits per heavy atom. The number of rotatable bonds is 2. The van der Waals surface area contributed by atoms with Gasteiger partial charge in [-0.3, -0.25) is 5.10 Å². The van der Waals surface area contributed by atoms with E-state index in [-0.39, 0.29) is 5.41 Å². The molecule has 2 rings (SSSR count). The lowest BCUT2D eigenvalue weighted by molar-refractivity contribution is -0.137. The zero-order valence-electron chi connectivity index (χ0n) is 11.1. The molecule has 2 aromatic heterocycles. The summed E-state index contributed by atoms with van der Waals surface area (Å²) in [5.74, 6) is 0.715. The predicted octanol–water partition coefficient (Wildman–Crippen LogP) is 3.67. The van der Waals surface area contributed by atoms with Crippen LogP contribution in [-0.2, 0) is 11.6 Å². The maximum absolute atomic E-state index is 12.4. The first-order chi connectivity index (χ1) is 9.16. The number of hydrogen-bond acceptors (Lipinski definition) is 4. The van der Waals surface area contributed by atoms with E-state index in [4.69, 9.17) is 0 Å².